The van der Waals surface area contributed by atoms with Gasteiger partial charge in [-0.3, -0.25) is 0 Å². The molecule has 0 rings (SSSR count). The van der Waals surface area contributed by atoms with E-state index < -0.39 is 0 Å². The predicted octanol–water partition coefficient (Wildman–Crippen LogP) is 7.05. The molecule has 2 nitrogen and oxygen atoms in total. The Balaban J connectivity index is 0. The second kappa shape index (κ2) is 21.3. The van der Waals surface area contributed by atoms with Crippen LogP contribution >= 0.6 is 11.8 Å². The van der Waals surface area contributed by atoms with Crippen LogP contribution in [0.25, 0.3) is 0 Å². The molecule has 0 bridgehead atoms. The summed E-state index contributed by atoms with van der Waals surface area (Å²) in [6.07, 6.45) is 23.4. The van der Waals surface area contributed by atoms with Crippen molar-refractivity contribution in [2.75, 3.05) is 27.7 Å². The summed E-state index contributed by atoms with van der Waals surface area (Å²) < 4.78 is 1.12. The van der Waals surface area contributed by atoms with Gasteiger partial charge in [-0.15, -0.1) is 0 Å². The first-order chi connectivity index (χ1) is 11.6. The van der Waals surface area contributed by atoms with Crippen molar-refractivity contribution < 1.29 is 4.48 Å². The van der Waals surface area contributed by atoms with E-state index in [1.54, 1.807) is 0 Å². The van der Waals surface area contributed by atoms with Crippen molar-refractivity contribution in [2.45, 2.75) is 110 Å². The predicted molar refractivity (Wildman–Crippen MR) is 112 cm³/mol. The molecule has 0 spiro atoms. The lowest BCUT2D eigenvalue weighted by molar-refractivity contribution is -0.870. The fraction of sp³-hybridized carbons (Fsp3) is 1.00. The standard InChI is InChI=1S/C21H46N.ClH2N/c1-5-6-7-8-9-10-11-12-13-14-15-16-17-18-19-20-21-22(2,3)4;1-2/h5-21H2,1-4H3;2H2/q+1;. The van der Waals surface area contributed by atoms with Crippen molar-refractivity contribution in [3.05, 3.63) is 0 Å². The van der Waals surface area contributed by atoms with Crippen LogP contribution in [0, 0.1) is 0 Å². The first kappa shape index (κ1) is 26.4. The van der Waals surface area contributed by atoms with E-state index in [0.29, 0.717) is 0 Å². The van der Waals surface area contributed by atoms with Crippen molar-refractivity contribution in [3.63, 3.8) is 0 Å². The minimum Gasteiger partial charge on any atom is -0.331 e. The lowest BCUT2D eigenvalue weighted by Crippen LogP contribution is -2.35. The fourth-order valence-electron chi connectivity index (χ4n) is 3.13. The van der Waals surface area contributed by atoms with Gasteiger partial charge in [0.2, 0.25) is 0 Å². The molecule has 0 fully saturated rings. The van der Waals surface area contributed by atoms with E-state index in [2.05, 4.69) is 45.1 Å². The van der Waals surface area contributed by atoms with Crippen molar-refractivity contribution in [1.82, 2.24) is 0 Å². The molecule has 2 N–H and O–H groups in total. The molecule has 24 heavy (non-hydrogen) atoms. The lowest BCUT2D eigenvalue weighted by atomic mass is 10.0. The van der Waals surface area contributed by atoms with Crippen LogP contribution in [0.1, 0.15) is 110 Å². The third-order valence-electron chi connectivity index (χ3n) is 4.68. The maximum atomic E-state index is 4.14. The van der Waals surface area contributed by atoms with Crippen LogP contribution < -0.4 is 5.25 Å². The smallest absolute Gasteiger partial charge is 0.0780 e. The normalized spacial score (nSPS) is 11.2. The van der Waals surface area contributed by atoms with Gasteiger partial charge in [0.25, 0.3) is 0 Å². The number of rotatable bonds is 17. The van der Waals surface area contributed by atoms with Gasteiger partial charge in [0.05, 0.1) is 27.7 Å². The van der Waals surface area contributed by atoms with E-state index in [1.807, 2.05) is 0 Å². The highest BCUT2D eigenvalue weighted by molar-refractivity contribution is 6.11. The molecule has 0 atom stereocenters. The molecule has 148 valence electrons. The Morgan fingerprint density at radius 2 is 0.750 bits per heavy atom. The Morgan fingerprint density at radius 1 is 0.500 bits per heavy atom. The summed E-state index contributed by atoms with van der Waals surface area (Å²) in [6, 6.07) is 0. The van der Waals surface area contributed by atoms with Gasteiger partial charge in [-0.2, -0.15) is 0 Å². The first-order valence-corrected chi connectivity index (χ1v) is 11.0. The highest BCUT2D eigenvalue weighted by Crippen LogP contribution is 2.13. The highest BCUT2D eigenvalue weighted by atomic mass is 35.5. The van der Waals surface area contributed by atoms with Gasteiger partial charge in [-0.05, 0) is 24.6 Å². The van der Waals surface area contributed by atoms with Crippen LogP contribution in [0.3, 0.4) is 0 Å². The highest BCUT2D eigenvalue weighted by Gasteiger charge is 2.04. The van der Waals surface area contributed by atoms with Crippen LogP contribution in [-0.2, 0) is 0 Å². The summed E-state index contributed by atoms with van der Waals surface area (Å²) in [4.78, 5) is 0. The number of hydrogen-bond donors (Lipinski definition) is 1. The number of nitrogens with two attached hydrogens (primary N) is 1. The molecule has 0 aromatic heterocycles. The molecule has 0 aliphatic carbocycles. The van der Waals surface area contributed by atoms with Crippen LogP contribution in [-0.4, -0.2) is 32.2 Å². The Bertz CT molecular complexity index is 214. The van der Waals surface area contributed by atoms with E-state index in [0.717, 1.165) is 4.48 Å². The SMILES string of the molecule is CCCCCCCCCCCCCCCCCC[N+](C)(C)C.NCl. The van der Waals surface area contributed by atoms with Crippen molar-refractivity contribution in [1.29, 1.82) is 0 Å². The zero-order chi connectivity index (χ0) is 18.5. The topological polar surface area (TPSA) is 26.0 Å². The van der Waals surface area contributed by atoms with E-state index in [9.17, 15) is 0 Å². The van der Waals surface area contributed by atoms with Crippen molar-refractivity contribution >= 4 is 11.8 Å². The second-order valence-electron chi connectivity index (χ2n) is 8.32. The largest absolute Gasteiger partial charge is 0.331 e. The maximum Gasteiger partial charge on any atom is 0.0780 e. The van der Waals surface area contributed by atoms with Crippen molar-refractivity contribution in [3.8, 4) is 0 Å². The molecular weight excluding hydrogens is 316 g/mol. The molecule has 0 radical (unpaired) electrons. The summed E-state index contributed by atoms with van der Waals surface area (Å²) in [5, 5.41) is 3.97. The molecule has 3 heteroatoms. The molecule has 0 unspecified atom stereocenters. The van der Waals surface area contributed by atoms with Gasteiger partial charge in [0.15, 0.2) is 0 Å². The Labute approximate surface area is 159 Å². The second-order valence-corrected chi connectivity index (χ2v) is 8.32. The summed E-state index contributed by atoms with van der Waals surface area (Å²) >= 11 is 4.14. The quantitative estimate of drug-likeness (QED) is 0.167. The third kappa shape index (κ3) is 27.1. The molecule has 0 saturated carbocycles. The Kier molecular flexibility index (Phi) is 23.4. The number of unbranched alkanes of at least 4 members (excludes halogenated alkanes) is 15. The van der Waals surface area contributed by atoms with Crippen molar-refractivity contribution in [2.24, 2.45) is 5.25 Å². The average Bonchev–Trinajstić information content (AvgIpc) is 2.55. The maximum absolute atomic E-state index is 4.14. The van der Waals surface area contributed by atoms with E-state index in [4.69, 9.17) is 0 Å². The Morgan fingerprint density at radius 3 is 1.00 bits per heavy atom. The van der Waals surface area contributed by atoms with Gasteiger partial charge in [0.1, 0.15) is 0 Å². The minimum atomic E-state index is 1.12. The van der Waals surface area contributed by atoms with E-state index in [1.165, 1.54) is 109 Å². The first-order valence-electron chi connectivity index (χ1n) is 10.6. The van der Waals surface area contributed by atoms with Crippen LogP contribution in [0.15, 0.2) is 0 Å². The van der Waals surface area contributed by atoms with Crippen LogP contribution in [0.5, 0.6) is 0 Å². The number of nitrogens with zero attached hydrogens (tertiary/aromatic N) is 1. The minimum absolute atomic E-state index is 1.12. The summed E-state index contributed by atoms with van der Waals surface area (Å²) in [5.41, 5.74) is 0. The Hall–Kier alpha value is 0.210. The molecule has 0 heterocycles. The van der Waals surface area contributed by atoms with Crippen LogP contribution in [0.4, 0.5) is 0 Å². The van der Waals surface area contributed by atoms with E-state index in [-0.39, 0.29) is 0 Å². The number of hydrogen-bond acceptors (Lipinski definition) is 1. The summed E-state index contributed by atoms with van der Waals surface area (Å²) in [7, 11) is 6.89. The molecule has 0 aromatic carbocycles. The fourth-order valence-corrected chi connectivity index (χ4v) is 3.13. The van der Waals surface area contributed by atoms with E-state index >= 15 is 0 Å². The summed E-state index contributed by atoms with van der Waals surface area (Å²) in [6.45, 7) is 3.63. The monoisotopic (exact) mass is 363 g/mol. The lowest BCUT2D eigenvalue weighted by Gasteiger charge is -2.23. The molecular formula is C21H48ClN2+. The third-order valence-corrected chi connectivity index (χ3v) is 4.68. The number of halogens is 1. The zero-order valence-electron chi connectivity index (χ0n) is 17.4. The average molecular weight is 364 g/mol. The molecule has 0 saturated heterocycles. The molecule has 0 aliphatic heterocycles. The van der Waals surface area contributed by atoms with Gasteiger partial charge in [-0.1, -0.05) is 96.8 Å². The zero-order valence-corrected chi connectivity index (χ0v) is 18.2. The van der Waals surface area contributed by atoms with Gasteiger partial charge in [-0.25, -0.2) is 5.25 Å². The van der Waals surface area contributed by atoms with Crippen LogP contribution in [0.2, 0.25) is 0 Å². The van der Waals surface area contributed by atoms with Gasteiger partial charge in [0, 0.05) is 0 Å². The molecule has 0 aliphatic rings. The number of quaternary nitrogens is 1. The van der Waals surface area contributed by atoms with Gasteiger partial charge >= 0.3 is 0 Å². The summed E-state index contributed by atoms with van der Waals surface area (Å²) in [5.74, 6) is 0. The molecule has 0 amide bonds. The van der Waals surface area contributed by atoms with Gasteiger partial charge < -0.3 is 4.48 Å². The molecule has 0 aromatic rings.